The first kappa shape index (κ1) is 17.4. The summed E-state index contributed by atoms with van der Waals surface area (Å²) in [5.74, 6) is 2.23. The second kappa shape index (κ2) is 8.59. The van der Waals surface area contributed by atoms with Crippen molar-refractivity contribution in [2.24, 2.45) is 5.92 Å². The number of ether oxygens (including phenoxy) is 2. The van der Waals surface area contributed by atoms with Gasteiger partial charge in [-0.05, 0) is 31.0 Å². The van der Waals surface area contributed by atoms with E-state index in [-0.39, 0.29) is 0 Å². The molecule has 2 rings (SSSR count). The Hall–Kier alpha value is -2.00. The number of nitrogens with one attached hydrogen (secondary N) is 1. The van der Waals surface area contributed by atoms with Gasteiger partial charge < -0.3 is 14.8 Å². The van der Waals surface area contributed by atoms with E-state index in [9.17, 15) is 0 Å². The van der Waals surface area contributed by atoms with Gasteiger partial charge in [0, 0.05) is 12.1 Å². The maximum Gasteiger partial charge on any atom is 0.166 e. The van der Waals surface area contributed by atoms with Crippen molar-refractivity contribution in [1.82, 2.24) is 5.32 Å². The van der Waals surface area contributed by atoms with Crippen LogP contribution in [0.25, 0.3) is 0 Å². The summed E-state index contributed by atoms with van der Waals surface area (Å²) in [4.78, 5) is 0. The number of hydrogen-bond acceptors (Lipinski definition) is 3. The average molecular weight is 313 g/mol. The van der Waals surface area contributed by atoms with Crippen molar-refractivity contribution in [3.63, 3.8) is 0 Å². The number of methoxy groups -OCH3 is 1. The van der Waals surface area contributed by atoms with Crippen LogP contribution in [-0.4, -0.2) is 13.7 Å². The van der Waals surface area contributed by atoms with Gasteiger partial charge in [-0.25, -0.2) is 0 Å². The Morgan fingerprint density at radius 2 is 1.78 bits per heavy atom. The van der Waals surface area contributed by atoms with Crippen LogP contribution in [0.4, 0.5) is 0 Å². The molecule has 0 aliphatic rings. The molecule has 3 nitrogen and oxygen atoms in total. The second-order valence-corrected chi connectivity index (χ2v) is 6.25. The molecular weight excluding hydrogens is 286 g/mol. The number of aryl methyl sites for hydroxylation is 1. The highest BCUT2D eigenvalue weighted by Gasteiger charge is 2.11. The molecule has 3 heteroatoms. The monoisotopic (exact) mass is 313 g/mol. The summed E-state index contributed by atoms with van der Waals surface area (Å²) < 4.78 is 11.5. The van der Waals surface area contributed by atoms with E-state index in [0.717, 1.165) is 35.7 Å². The highest BCUT2D eigenvalue weighted by molar-refractivity contribution is 5.46. The van der Waals surface area contributed by atoms with E-state index < -0.39 is 0 Å². The molecule has 0 heterocycles. The number of rotatable bonds is 8. The zero-order valence-electron chi connectivity index (χ0n) is 14.6. The average Bonchev–Trinajstić information content (AvgIpc) is 2.54. The third-order valence-corrected chi connectivity index (χ3v) is 3.65. The molecule has 0 aliphatic carbocycles. The summed E-state index contributed by atoms with van der Waals surface area (Å²) in [5, 5.41) is 3.46. The Morgan fingerprint density at radius 1 is 1.04 bits per heavy atom. The van der Waals surface area contributed by atoms with E-state index in [1.54, 1.807) is 7.11 Å². The molecule has 0 unspecified atom stereocenters. The molecule has 0 bridgehead atoms. The predicted molar refractivity (Wildman–Crippen MR) is 95.0 cm³/mol. The van der Waals surface area contributed by atoms with Gasteiger partial charge in [0.1, 0.15) is 6.61 Å². The molecule has 0 atom stereocenters. The molecule has 0 aromatic heterocycles. The van der Waals surface area contributed by atoms with Crippen LogP contribution < -0.4 is 14.8 Å². The fraction of sp³-hybridized carbons (Fsp3) is 0.400. The fourth-order valence-corrected chi connectivity index (χ4v) is 2.36. The van der Waals surface area contributed by atoms with Gasteiger partial charge in [-0.15, -0.1) is 0 Å². The summed E-state index contributed by atoms with van der Waals surface area (Å²) >= 11 is 0. The van der Waals surface area contributed by atoms with Crippen LogP contribution in [0.5, 0.6) is 11.5 Å². The highest BCUT2D eigenvalue weighted by Crippen LogP contribution is 2.31. The molecule has 0 spiro atoms. The number of benzene rings is 2. The van der Waals surface area contributed by atoms with Crippen LogP contribution in [0.3, 0.4) is 0 Å². The Bertz CT molecular complexity index is 606. The van der Waals surface area contributed by atoms with Crippen molar-refractivity contribution in [1.29, 1.82) is 0 Å². The van der Waals surface area contributed by atoms with Crippen molar-refractivity contribution >= 4 is 0 Å². The standard InChI is InChI=1S/C20H27NO2/c1-15(2)12-21-13-18-6-5-7-19(22-4)20(18)23-14-17-10-8-16(3)9-11-17/h5-11,15,21H,12-14H2,1-4H3. The largest absolute Gasteiger partial charge is 0.493 e. The Kier molecular flexibility index (Phi) is 6.48. The van der Waals surface area contributed by atoms with Crippen molar-refractivity contribution in [3.8, 4) is 11.5 Å². The zero-order chi connectivity index (χ0) is 16.7. The summed E-state index contributed by atoms with van der Waals surface area (Å²) in [6, 6.07) is 14.4. The number of para-hydroxylation sites is 1. The smallest absolute Gasteiger partial charge is 0.166 e. The second-order valence-electron chi connectivity index (χ2n) is 6.25. The van der Waals surface area contributed by atoms with Crippen molar-refractivity contribution in [3.05, 3.63) is 59.2 Å². The third-order valence-electron chi connectivity index (χ3n) is 3.65. The summed E-state index contributed by atoms with van der Waals surface area (Å²) in [5.41, 5.74) is 3.53. The minimum Gasteiger partial charge on any atom is -0.493 e. The van der Waals surface area contributed by atoms with Gasteiger partial charge in [-0.2, -0.15) is 0 Å². The SMILES string of the molecule is COc1cccc(CNCC(C)C)c1OCc1ccc(C)cc1. The lowest BCUT2D eigenvalue weighted by atomic mass is 10.1. The Balaban J connectivity index is 2.09. The van der Waals surface area contributed by atoms with E-state index >= 15 is 0 Å². The molecule has 1 N–H and O–H groups in total. The van der Waals surface area contributed by atoms with Crippen LogP contribution >= 0.6 is 0 Å². The van der Waals surface area contributed by atoms with Gasteiger partial charge >= 0.3 is 0 Å². The fourth-order valence-electron chi connectivity index (χ4n) is 2.36. The molecule has 0 amide bonds. The highest BCUT2D eigenvalue weighted by atomic mass is 16.5. The van der Waals surface area contributed by atoms with Gasteiger partial charge in [-0.3, -0.25) is 0 Å². The van der Waals surface area contributed by atoms with Gasteiger partial charge in [0.2, 0.25) is 0 Å². The molecule has 2 aromatic rings. The molecule has 0 saturated heterocycles. The Labute approximate surface area is 139 Å². The lowest BCUT2D eigenvalue weighted by molar-refractivity contribution is 0.280. The molecule has 0 fully saturated rings. The first-order valence-corrected chi connectivity index (χ1v) is 8.15. The van der Waals surface area contributed by atoms with Crippen LogP contribution in [0, 0.1) is 12.8 Å². The van der Waals surface area contributed by atoms with Gasteiger partial charge in [0.05, 0.1) is 7.11 Å². The summed E-state index contributed by atoms with van der Waals surface area (Å²) in [6.07, 6.45) is 0. The first-order valence-electron chi connectivity index (χ1n) is 8.15. The van der Waals surface area contributed by atoms with E-state index in [2.05, 4.69) is 56.4 Å². The molecule has 2 aromatic carbocycles. The van der Waals surface area contributed by atoms with Gasteiger partial charge in [0.25, 0.3) is 0 Å². The summed E-state index contributed by atoms with van der Waals surface area (Å²) in [7, 11) is 1.68. The zero-order valence-corrected chi connectivity index (χ0v) is 14.6. The van der Waals surface area contributed by atoms with Crippen LogP contribution in [0.1, 0.15) is 30.5 Å². The lowest BCUT2D eigenvalue weighted by Gasteiger charge is -2.16. The quantitative estimate of drug-likeness (QED) is 0.787. The molecular formula is C20H27NO2. The van der Waals surface area contributed by atoms with Crippen LogP contribution in [0.15, 0.2) is 42.5 Å². The van der Waals surface area contributed by atoms with Crippen molar-refractivity contribution in [2.45, 2.75) is 33.9 Å². The minimum atomic E-state index is 0.540. The minimum absolute atomic E-state index is 0.540. The van der Waals surface area contributed by atoms with Crippen LogP contribution in [-0.2, 0) is 13.2 Å². The van der Waals surface area contributed by atoms with E-state index in [0.29, 0.717) is 12.5 Å². The molecule has 0 aliphatic heterocycles. The first-order chi connectivity index (χ1) is 11.1. The Morgan fingerprint density at radius 3 is 2.43 bits per heavy atom. The van der Waals surface area contributed by atoms with Crippen molar-refractivity contribution < 1.29 is 9.47 Å². The van der Waals surface area contributed by atoms with Gasteiger partial charge in [0.15, 0.2) is 11.5 Å². The molecule has 0 saturated carbocycles. The molecule has 23 heavy (non-hydrogen) atoms. The van der Waals surface area contributed by atoms with E-state index in [4.69, 9.17) is 9.47 Å². The van der Waals surface area contributed by atoms with Gasteiger partial charge in [-0.1, -0.05) is 55.8 Å². The lowest BCUT2D eigenvalue weighted by Crippen LogP contribution is -2.19. The van der Waals surface area contributed by atoms with E-state index in [1.165, 1.54) is 5.56 Å². The van der Waals surface area contributed by atoms with Crippen molar-refractivity contribution in [2.75, 3.05) is 13.7 Å². The normalized spacial score (nSPS) is 10.8. The maximum absolute atomic E-state index is 6.08. The summed E-state index contributed by atoms with van der Waals surface area (Å²) in [6.45, 7) is 8.79. The maximum atomic E-state index is 6.08. The number of hydrogen-bond donors (Lipinski definition) is 1. The predicted octanol–water partition coefficient (Wildman–Crippen LogP) is 4.33. The van der Waals surface area contributed by atoms with E-state index in [1.807, 2.05) is 12.1 Å². The molecule has 124 valence electrons. The molecule has 0 radical (unpaired) electrons. The van der Waals surface area contributed by atoms with Crippen LogP contribution in [0.2, 0.25) is 0 Å². The topological polar surface area (TPSA) is 30.5 Å². The third kappa shape index (κ3) is 5.29.